The molecule has 100 valence electrons. The van der Waals surface area contributed by atoms with E-state index >= 15 is 0 Å². The molecule has 0 atom stereocenters. The van der Waals surface area contributed by atoms with Crippen molar-refractivity contribution >= 4 is 11.8 Å². The van der Waals surface area contributed by atoms with Crippen LogP contribution in [-0.4, -0.2) is 44.2 Å². The van der Waals surface area contributed by atoms with Gasteiger partial charge < -0.3 is 16.0 Å². The van der Waals surface area contributed by atoms with Crippen molar-refractivity contribution in [1.29, 1.82) is 0 Å². The van der Waals surface area contributed by atoms with Crippen molar-refractivity contribution in [3.63, 3.8) is 0 Å². The van der Waals surface area contributed by atoms with Crippen LogP contribution in [0.5, 0.6) is 0 Å². The summed E-state index contributed by atoms with van der Waals surface area (Å²) in [5, 5.41) is 6.83. The van der Waals surface area contributed by atoms with Crippen LogP contribution in [0.4, 0.5) is 13.2 Å². The van der Waals surface area contributed by atoms with E-state index in [1.54, 1.807) is 12.2 Å². The van der Waals surface area contributed by atoms with Gasteiger partial charge in [-0.15, -0.1) is 0 Å². The molecule has 0 aromatic heterocycles. The second kappa shape index (κ2) is 7.88. The fourth-order valence-corrected chi connectivity index (χ4v) is 0.951. The summed E-state index contributed by atoms with van der Waals surface area (Å²) in [5.41, 5.74) is 0. The van der Waals surface area contributed by atoms with Crippen molar-refractivity contribution < 1.29 is 22.8 Å². The number of rotatable bonds is 7. The van der Waals surface area contributed by atoms with Crippen LogP contribution in [0, 0.1) is 0 Å². The highest BCUT2D eigenvalue weighted by Crippen LogP contribution is 2.11. The van der Waals surface area contributed by atoms with Gasteiger partial charge in [0.25, 0.3) is 0 Å². The molecule has 17 heavy (non-hydrogen) atoms. The number of alkyl halides is 3. The van der Waals surface area contributed by atoms with Gasteiger partial charge in [0.2, 0.25) is 11.8 Å². The Bertz CT molecular complexity index is 256. The average molecular weight is 255 g/mol. The van der Waals surface area contributed by atoms with Crippen LogP contribution in [-0.2, 0) is 9.59 Å². The lowest BCUT2D eigenvalue weighted by Crippen LogP contribution is -2.40. The Morgan fingerprint density at radius 3 is 2.29 bits per heavy atom. The zero-order valence-electron chi connectivity index (χ0n) is 9.49. The number of nitrogens with one attached hydrogen (secondary N) is 3. The Kier molecular flexibility index (Phi) is 7.27. The summed E-state index contributed by atoms with van der Waals surface area (Å²) in [4.78, 5) is 21.8. The predicted octanol–water partition coefficient (Wildman–Crippen LogP) is -0.219. The van der Waals surface area contributed by atoms with E-state index in [1.807, 2.05) is 0 Å². The monoisotopic (exact) mass is 255 g/mol. The highest BCUT2D eigenvalue weighted by Gasteiger charge is 2.27. The molecule has 0 saturated carbocycles. The fourth-order valence-electron chi connectivity index (χ4n) is 0.951. The maximum absolute atomic E-state index is 11.7. The lowest BCUT2D eigenvalue weighted by atomic mass is 10.4. The Morgan fingerprint density at radius 2 is 1.76 bits per heavy atom. The van der Waals surface area contributed by atoms with E-state index in [2.05, 4.69) is 10.6 Å². The van der Waals surface area contributed by atoms with Gasteiger partial charge >= 0.3 is 6.18 Å². The van der Waals surface area contributed by atoms with E-state index in [9.17, 15) is 22.8 Å². The van der Waals surface area contributed by atoms with Gasteiger partial charge in [0.1, 0.15) is 6.54 Å². The van der Waals surface area contributed by atoms with Crippen molar-refractivity contribution in [2.75, 3.05) is 26.2 Å². The Balaban J connectivity index is 3.49. The Morgan fingerprint density at radius 1 is 1.12 bits per heavy atom. The van der Waals surface area contributed by atoms with Gasteiger partial charge in [-0.2, -0.15) is 13.2 Å². The number of hydrogen-bond donors (Lipinski definition) is 3. The molecular formula is C9H16F3N3O2. The molecule has 0 aromatic carbocycles. The second-order valence-electron chi connectivity index (χ2n) is 3.27. The van der Waals surface area contributed by atoms with Gasteiger partial charge in [-0.3, -0.25) is 9.59 Å². The van der Waals surface area contributed by atoms with E-state index in [0.717, 1.165) is 0 Å². The van der Waals surface area contributed by atoms with Crippen LogP contribution >= 0.6 is 0 Å². The first-order valence-corrected chi connectivity index (χ1v) is 5.16. The SMILES string of the molecule is CCNC(=O)CCNCC(=O)NCC(F)(F)F. The van der Waals surface area contributed by atoms with E-state index in [1.165, 1.54) is 0 Å². The molecule has 0 radical (unpaired) electrons. The van der Waals surface area contributed by atoms with E-state index in [0.29, 0.717) is 6.54 Å². The third-order valence-corrected chi connectivity index (χ3v) is 1.67. The maximum atomic E-state index is 11.7. The molecule has 0 heterocycles. The average Bonchev–Trinajstić information content (AvgIpc) is 2.21. The molecule has 0 aliphatic carbocycles. The predicted molar refractivity (Wildman–Crippen MR) is 55.2 cm³/mol. The summed E-state index contributed by atoms with van der Waals surface area (Å²) in [7, 11) is 0. The topological polar surface area (TPSA) is 70.2 Å². The quantitative estimate of drug-likeness (QED) is 0.551. The Labute approximate surface area is 97.1 Å². The fraction of sp³-hybridized carbons (Fsp3) is 0.778. The molecule has 0 fully saturated rings. The number of amides is 2. The van der Waals surface area contributed by atoms with Crippen LogP contribution in [0.15, 0.2) is 0 Å². The zero-order valence-corrected chi connectivity index (χ0v) is 9.49. The molecule has 0 aliphatic rings. The van der Waals surface area contributed by atoms with Crippen LogP contribution in [0.1, 0.15) is 13.3 Å². The zero-order chi connectivity index (χ0) is 13.3. The molecule has 0 saturated heterocycles. The standard InChI is InChI=1S/C9H16F3N3O2/c1-2-14-7(16)3-4-13-5-8(17)15-6-9(10,11)12/h13H,2-6H2,1H3,(H,14,16)(H,15,17). The molecule has 0 aliphatic heterocycles. The molecule has 0 aromatic rings. The molecule has 5 nitrogen and oxygen atoms in total. The van der Waals surface area contributed by atoms with E-state index in [-0.39, 0.29) is 25.4 Å². The molecule has 0 unspecified atom stereocenters. The molecule has 3 N–H and O–H groups in total. The first-order chi connectivity index (χ1) is 7.85. The number of carbonyl (C=O) groups excluding carboxylic acids is 2. The largest absolute Gasteiger partial charge is 0.405 e. The van der Waals surface area contributed by atoms with Crippen LogP contribution in [0.3, 0.4) is 0 Å². The van der Waals surface area contributed by atoms with E-state index in [4.69, 9.17) is 0 Å². The highest BCUT2D eigenvalue weighted by atomic mass is 19.4. The molecule has 2 amide bonds. The minimum absolute atomic E-state index is 0.171. The highest BCUT2D eigenvalue weighted by molar-refractivity contribution is 5.78. The summed E-state index contributed by atoms with van der Waals surface area (Å²) in [6.45, 7) is 0.950. The lowest BCUT2D eigenvalue weighted by molar-refractivity contribution is -0.137. The van der Waals surface area contributed by atoms with Gasteiger partial charge in [-0.25, -0.2) is 0 Å². The first-order valence-electron chi connectivity index (χ1n) is 5.16. The van der Waals surface area contributed by atoms with Crippen molar-refractivity contribution in [2.24, 2.45) is 0 Å². The number of carbonyl (C=O) groups is 2. The minimum atomic E-state index is -4.41. The van der Waals surface area contributed by atoms with Crippen LogP contribution in [0.2, 0.25) is 0 Å². The molecule has 0 bridgehead atoms. The molecule has 0 rings (SSSR count). The minimum Gasteiger partial charge on any atom is -0.356 e. The van der Waals surface area contributed by atoms with Gasteiger partial charge in [-0.05, 0) is 6.92 Å². The smallest absolute Gasteiger partial charge is 0.356 e. The van der Waals surface area contributed by atoms with Crippen LogP contribution in [0.25, 0.3) is 0 Å². The van der Waals surface area contributed by atoms with Gasteiger partial charge in [0, 0.05) is 19.5 Å². The summed E-state index contributed by atoms with van der Waals surface area (Å²) in [6.07, 6.45) is -4.23. The number of hydrogen-bond acceptors (Lipinski definition) is 3. The van der Waals surface area contributed by atoms with Gasteiger partial charge in [-0.1, -0.05) is 0 Å². The van der Waals surface area contributed by atoms with Crippen molar-refractivity contribution in [3.8, 4) is 0 Å². The normalized spacial score (nSPS) is 11.1. The van der Waals surface area contributed by atoms with Gasteiger partial charge in [0.15, 0.2) is 0 Å². The summed E-state index contributed by atoms with van der Waals surface area (Å²) in [6, 6.07) is 0. The molecule has 8 heteroatoms. The summed E-state index contributed by atoms with van der Waals surface area (Å²) in [5.74, 6) is -0.922. The number of halogens is 3. The summed E-state index contributed by atoms with van der Waals surface area (Å²) >= 11 is 0. The molecular weight excluding hydrogens is 239 g/mol. The van der Waals surface area contributed by atoms with Crippen LogP contribution < -0.4 is 16.0 Å². The first kappa shape index (κ1) is 15.7. The second-order valence-corrected chi connectivity index (χ2v) is 3.27. The van der Waals surface area contributed by atoms with Crippen molar-refractivity contribution in [3.05, 3.63) is 0 Å². The molecule has 0 spiro atoms. The lowest BCUT2D eigenvalue weighted by Gasteiger charge is -2.08. The van der Waals surface area contributed by atoms with Crippen molar-refractivity contribution in [2.45, 2.75) is 19.5 Å². The summed E-state index contributed by atoms with van der Waals surface area (Å²) < 4.78 is 35.1. The maximum Gasteiger partial charge on any atom is 0.405 e. The Hall–Kier alpha value is -1.31. The van der Waals surface area contributed by atoms with Crippen molar-refractivity contribution in [1.82, 2.24) is 16.0 Å². The van der Waals surface area contributed by atoms with Gasteiger partial charge in [0.05, 0.1) is 6.54 Å². The third-order valence-electron chi connectivity index (χ3n) is 1.67. The third kappa shape index (κ3) is 11.0. The van der Waals surface area contributed by atoms with E-state index < -0.39 is 18.6 Å².